The van der Waals surface area contributed by atoms with E-state index < -0.39 is 11.8 Å². The van der Waals surface area contributed by atoms with Crippen molar-refractivity contribution in [3.63, 3.8) is 0 Å². The number of fused-ring (bicyclic) bond motifs is 1. The summed E-state index contributed by atoms with van der Waals surface area (Å²) >= 11 is 0. The minimum atomic E-state index is -0.782. The molecule has 2 fully saturated rings. The van der Waals surface area contributed by atoms with Gasteiger partial charge in [0.05, 0.1) is 11.7 Å². The van der Waals surface area contributed by atoms with Crippen molar-refractivity contribution in [1.82, 2.24) is 30.2 Å². The molecule has 0 aromatic carbocycles. The first-order valence-electron chi connectivity index (χ1n) is 12.7. The van der Waals surface area contributed by atoms with E-state index in [9.17, 15) is 8.78 Å². The van der Waals surface area contributed by atoms with E-state index in [1.54, 1.807) is 24.5 Å². The van der Waals surface area contributed by atoms with Gasteiger partial charge >= 0.3 is 0 Å². The van der Waals surface area contributed by atoms with Gasteiger partial charge in [0.1, 0.15) is 11.6 Å². The fourth-order valence-electron chi connectivity index (χ4n) is 5.04. The van der Waals surface area contributed by atoms with Crippen molar-refractivity contribution < 1.29 is 8.78 Å². The van der Waals surface area contributed by atoms with Crippen molar-refractivity contribution >= 4 is 28.4 Å². The summed E-state index contributed by atoms with van der Waals surface area (Å²) in [5, 5.41) is 11.0. The lowest BCUT2D eigenvalue weighted by atomic mass is 9.79. The lowest BCUT2D eigenvalue weighted by molar-refractivity contribution is 0.368. The van der Waals surface area contributed by atoms with Gasteiger partial charge in [0.15, 0.2) is 17.5 Å². The third kappa shape index (κ3) is 4.81. The first-order chi connectivity index (χ1) is 18.0. The molecular weight excluding hydrogens is 474 g/mol. The molecule has 0 spiro atoms. The molecule has 1 aliphatic carbocycles. The molecule has 1 unspecified atom stereocenters. The second-order valence-electron chi connectivity index (χ2n) is 9.89. The standard InChI is InChI=1S/C27H28F2N8/c1-15-12-30-9-8-20(15)33-27-24-18(16-3-2-4-16)13-31-14-21(24)34-25(37-27)17-7-10-32-23(11-17)36-26-19(28)5-6-22(29)35-26/h5-7,10-11,13-16,20,30H,2-4,8-9,12H2,1H3,(H,32,35,36)(H,33,34,37)/t15-,20?/m1/s1. The Hall–Kier alpha value is -3.79. The largest absolute Gasteiger partial charge is 0.366 e. The highest BCUT2D eigenvalue weighted by Gasteiger charge is 2.27. The zero-order chi connectivity index (χ0) is 25.4. The second-order valence-corrected chi connectivity index (χ2v) is 9.89. The molecule has 8 nitrogen and oxygen atoms in total. The summed E-state index contributed by atoms with van der Waals surface area (Å²) in [4.78, 5) is 22.2. The maximum Gasteiger partial charge on any atom is 0.214 e. The molecule has 0 bridgehead atoms. The molecule has 3 N–H and O–H groups in total. The Labute approximate surface area is 213 Å². The molecule has 4 aromatic heterocycles. The molecule has 10 heteroatoms. The number of nitrogens with one attached hydrogen (secondary N) is 3. The summed E-state index contributed by atoms with van der Waals surface area (Å²) in [5.74, 6) is 0.850. The summed E-state index contributed by atoms with van der Waals surface area (Å²) in [6, 6.07) is 5.77. The second kappa shape index (κ2) is 9.93. The molecule has 190 valence electrons. The van der Waals surface area contributed by atoms with Crippen molar-refractivity contribution in [3.05, 3.63) is 60.2 Å². The van der Waals surface area contributed by atoms with Crippen molar-refractivity contribution in [3.8, 4) is 11.4 Å². The van der Waals surface area contributed by atoms with Gasteiger partial charge in [-0.15, -0.1) is 0 Å². The van der Waals surface area contributed by atoms with Gasteiger partial charge in [-0.1, -0.05) is 13.3 Å². The molecule has 0 amide bonds. The van der Waals surface area contributed by atoms with E-state index in [0.717, 1.165) is 61.2 Å². The van der Waals surface area contributed by atoms with Gasteiger partial charge in [0.2, 0.25) is 5.95 Å². The van der Waals surface area contributed by atoms with E-state index >= 15 is 0 Å². The minimum Gasteiger partial charge on any atom is -0.366 e. The number of anilines is 3. The lowest BCUT2D eigenvalue weighted by Gasteiger charge is -2.32. The Morgan fingerprint density at radius 3 is 2.70 bits per heavy atom. The predicted octanol–water partition coefficient (Wildman–Crippen LogP) is 5.18. The molecule has 1 saturated heterocycles. The van der Waals surface area contributed by atoms with Crippen molar-refractivity contribution in [2.24, 2.45) is 5.92 Å². The van der Waals surface area contributed by atoms with Gasteiger partial charge in [-0.3, -0.25) is 4.98 Å². The molecule has 4 aromatic rings. The Morgan fingerprint density at radius 2 is 1.89 bits per heavy atom. The van der Waals surface area contributed by atoms with E-state index in [0.29, 0.717) is 29.0 Å². The van der Waals surface area contributed by atoms with Gasteiger partial charge in [-0.2, -0.15) is 9.37 Å². The molecule has 2 aliphatic rings. The van der Waals surface area contributed by atoms with Crippen LogP contribution in [-0.2, 0) is 0 Å². The number of hydrogen-bond acceptors (Lipinski definition) is 8. The normalized spacial score (nSPS) is 20.0. The fraction of sp³-hybridized carbons (Fsp3) is 0.370. The molecule has 0 radical (unpaired) electrons. The summed E-state index contributed by atoms with van der Waals surface area (Å²) in [5.41, 5.74) is 2.67. The van der Waals surface area contributed by atoms with Crippen molar-refractivity contribution in [1.29, 1.82) is 0 Å². The highest BCUT2D eigenvalue weighted by molar-refractivity contribution is 5.93. The molecule has 2 atom stereocenters. The van der Waals surface area contributed by atoms with E-state index in [4.69, 9.17) is 9.97 Å². The van der Waals surface area contributed by atoms with Gasteiger partial charge in [0, 0.05) is 29.4 Å². The minimum absolute atomic E-state index is 0.235. The number of aromatic nitrogens is 5. The Balaban J connectivity index is 1.41. The molecule has 5 heterocycles. The quantitative estimate of drug-likeness (QED) is 0.310. The zero-order valence-electron chi connectivity index (χ0n) is 20.5. The Morgan fingerprint density at radius 1 is 1.00 bits per heavy atom. The van der Waals surface area contributed by atoms with Crippen LogP contribution in [0.2, 0.25) is 0 Å². The van der Waals surface area contributed by atoms with Crippen LogP contribution >= 0.6 is 0 Å². The maximum absolute atomic E-state index is 14.1. The van der Waals surface area contributed by atoms with Gasteiger partial charge < -0.3 is 16.0 Å². The molecule has 1 saturated carbocycles. The van der Waals surface area contributed by atoms with Crippen LogP contribution in [0, 0.1) is 17.7 Å². The average molecular weight is 503 g/mol. The third-order valence-corrected chi connectivity index (χ3v) is 7.37. The smallest absolute Gasteiger partial charge is 0.214 e. The topological polar surface area (TPSA) is 101 Å². The Bertz CT molecular complexity index is 1440. The van der Waals surface area contributed by atoms with Crippen LogP contribution < -0.4 is 16.0 Å². The Kier molecular flexibility index (Phi) is 6.33. The predicted molar refractivity (Wildman–Crippen MR) is 139 cm³/mol. The third-order valence-electron chi connectivity index (χ3n) is 7.37. The first kappa shape index (κ1) is 23.6. The number of halogens is 2. The summed E-state index contributed by atoms with van der Waals surface area (Å²) in [6.07, 6.45) is 9.84. The lowest BCUT2D eigenvalue weighted by Crippen LogP contribution is -2.42. The number of nitrogens with zero attached hydrogens (tertiary/aromatic N) is 5. The maximum atomic E-state index is 14.1. The average Bonchev–Trinajstić information content (AvgIpc) is 2.87. The van der Waals surface area contributed by atoms with Crippen LogP contribution in [0.5, 0.6) is 0 Å². The number of piperidine rings is 1. The van der Waals surface area contributed by atoms with E-state index in [2.05, 4.69) is 37.8 Å². The number of rotatable bonds is 6. The van der Waals surface area contributed by atoms with Crippen LogP contribution in [0.4, 0.5) is 26.2 Å². The highest BCUT2D eigenvalue weighted by atomic mass is 19.1. The fourth-order valence-corrected chi connectivity index (χ4v) is 5.04. The van der Waals surface area contributed by atoms with Crippen LogP contribution in [0.15, 0.2) is 42.9 Å². The van der Waals surface area contributed by atoms with Gasteiger partial charge in [0.25, 0.3) is 0 Å². The number of hydrogen-bond donors (Lipinski definition) is 3. The highest BCUT2D eigenvalue weighted by Crippen LogP contribution is 2.41. The monoisotopic (exact) mass is 502 g/mol. The van der Waals surface area contributed by atoms with Crippen LogP contribution in [-0.4, -0.2) is 44.1 Å². The summed E-state index contributed by atoms with van der Waals surface area (Å²) in [6.45, 7) is 4.15. The van der Waals surface area contributed by atoms with E-state index in [-0.39, 0.29) is 11.9 Å². The van der Waals surface area contributed by atoms with E-state index in [1.807, 2.05) is 6.20 Å². The SMILES string of the molecule is C[C@@H]1CNCCC1Nc1nc(-c2ccnc(Nc3nc(F)ccc3F)c2)nc2cncc(C3CCC3)c12. The zero-order valence-corrected chi connectivity index (χ0v) is 20.5. The van der Waals surface area contributed by atoms with Crippen LogP contribution in [0.25, 0.3) is 22.3 Å². The first-order valence-corrected chi connectivity index (χ1v) is 12.7. The summed E-state index contributed by atoms with van der Waals surface area (Å²) in [7, 11) is 0. The molecule has 6 rings (SSSR count). The molecule has 37 heavy (non-hydrogen) atoms. The van der Waals surface area contributed by atoms with Crippen molar-refractivity contribution in [2.45, 2.75) is 44.6 Å². The molecule has 1 aliphatic heterocycles. The van der Waals surface area contributed by atoms with Gasteiger partial charge in [-0.05, 0) is 74.0 Å². The van der Waals surface area contributed by atoms with E-state index in [1.165, 1.54) is 12.0 Å². The summed E-state index contributed by atoms with van der Waals surface area (Å²) < 4.78 is 27.7. The van der Waals surface area contributed by atoms with Crippen LogP contribution in [0.3, 0.4) is 0 Å². The van der Waals surface area contributed by atoms with Crippen LogP contribution in [0.1, 0.15) is 44.1 Å². The number of pyridine rings is 3. The molecular formula is C27H28F2N8. The van der Waals surface area contributed by atoms with Gasteiger partial charge in [-0.25, -0.2) is 19.3 Å². The van der Waals surface area contributed by atoms with Crippen molar-refractivity contribution in [2.75, 3.05) is 23.7 Å².